The largest absolute Gasteiger partial charge is 0.303 e. The standard InChI is InChI=1S/C12H11NS.C2H6/c13-11(12-7-4-8-14-12)9-10-5-2-1-3-6-10;1-2/h1-8,13H,9H2;1-2H3. The van der Waals surface area contributed by atoms with Crippen molar-refractivity contribution in [3.63, 3.8) is 0 Å². The number of benzene rings is 1. The van der Waals surface area contributed by atoms with E-state index in [1.165, 1.54) is 5.56 Å². The average molecular weight is 231 g/mol. The van der Waals surface area contributed by atoms with Crippen molar-refractivity contribution in [1.29, 1.82) is 5.41 Å². The molecule has 16 heavy (non-hydrogen) atoms. The molecule has 0 amide bonds. The summed E-state index contributed by atoms with van der Waals surface area (Å²) in [5.74, 6) is 0. The van der Waals surface area contributed by atoms with Crippen molar-refractivity contribution in [2.45, 2.75) is 20.3 Å². The lowest BCUT2D eigenvalue weighted by Gasteiger charge is -2.00. The molecule has 0 bridgehead atoms. The summed E-state index contributed by atoms with van der Waals surface area (Å²) in [4.78, 5) is 1.06. The van der Waals surface area contributed by atoms with E-state index in [0.29, 0.717) is 5.71 Å². The van der Waals surface area contributed by atoms with Gasteiger partial charge in [0, 0.05) is 11.3 Å². The molecular weight excluding hydrogens is 214 g/mol. The predicted octanol–water partition coefficient (Wildman–Crippen LogP) is 4.38. The van der Waals surface area contributed by atoms with Gasteiger partial charge in [-0.15, -0.1) is 11.3 Å². The van der Waals surface area contributed by atoms with Crippen LogP contribution in [0.25, 0.3) is 0 Å². The maximum Gasteiger partial charge on any atom is 0.0529 e. The normalized spacial score (nSPS) is 9.12. The maximum atomic E-state index is 7.89. The molecule has 0 aliphatic carbocycles. The third-order valence-electron chi connectivity index (χ3n) is 2.04. The van der Waals surface area contributed by atoms with E-state index in [9.17, 15) is 0 Å². The van der Waals surface area contributed by atoms with E-state index < -0.39 is 0 Å². The van der Waals surface area contributed by atoms with Crippen LogP contribution in [0.4, 0.5) is 0 Å². The van der Waals surface area contributed by atoms with Gasteiger partial charge in [0.15, 0.2) is 0 Å². The number of nitrogens with one attached hydrogen (secondary N) is 1. The van der Waals surface area contributed by atoms with Gasteiger partial charge in [0.2, 0.25) is 0 Å². The lowest BCUT2D eigenvalue weighted by molar-refractivity contribution is 1.29. The van der Waals surface area contributed by atoms with Gasteiger partial charge in [-0.25, -0.2) is 0 Å². The van der Waals surface area contributed by atoms with Crippen LogP contribution in [0.3, 0.4) is 0 Å². The number of rotatable bonds is 3. The highest BCUT2D eigenvalue weighted by Crippen LogP contribution is 2.12. The lowest BCUT2D eigenvalue weighted by atomic mass is 10.1. The van der Waals surface area contributed by atoms with E-state index in [1.54, 1.807) is 11.3 Å². The Labute approximate surface area is 101 Å². The third-order valence-corrected chi connectivity index (χ3v) is 2.97. The van der Waals surface area contributed by atoms with Gasteiger partial charge < -0.3 is 5.41 Å². The van der Waals surface area contributed by atoms with Crippen LogP contribution in [0, 0.1) is 5.41 Å². The Morgan fingerprint density at radius 2 is 1.75 bits per heavy atom. The molecule has 0 spiro atoms. The van der Waals surface area contributed by atoms with Gasteiger partial charge in [0.05, 0.1) is 5.71 Å². The Morgan fingerprint density at radius 1 is 1.06 bits per heavy atom. The minimum atomic E-state index is 0.700. The van der Waals surface area contributed by atoms with Gasteiger partial charge in [-0.1, -0.05) is 50.2 Å². The molecular formula is C14H17NS. The van der Waals surface area contributed by atoms with E-state index in [1.807, 2.05) is 49.6 Å². The van der Waals surface area contributed by atoms with E-state index in [-0.39, 0.29) is 0 Å². The monoisotopic (exact) mass is 231 g/mol. The number of hydrogen-bond donors (Lipinski definition) is 1. The molecule has 2 aromatic rings. The molecule has 0 radical (unpaired) electrons. The van der Waals surface area contributed by atoms with Gasteiger partial charge in [-0.2, -0.15) is 0 Å². The van der Waals surface area contributed by atoms with Crippen molar-refractivity contribution in [3.05, 3.63) is 58.3 Å². The minimum Gasteiger partial charge on any atom is -0.303 e. The summed E-state index contributed by atoms with van der Waals surface area (Å²) >= 11 is 1.63. The zero-order chi connectivity index (χ0) is 11.8. The van der Waals surface area contributed by atoms with E-state index in [2.05, 4.69) is 12.1 Å². The second-order valence-electron chi connectivity index (χ2n) is 3.12. The fourth-order valence-electron chi connectivity index (χ4n) is 1.34. The second kappa shape index (κ2) is 6.96. The highest BCUT2D eigenvalue weighted by molar-refractivity contribution is 7.12. The zero-order valence-electron chi connectivity index (χ0n) is 9.73. The van der Waals surface area contributed by atoms with Gasteiger partial charge >= 0.3 is 0 Å². The molecule has 0 aliphatic heterocycles. The summed E-state index contributed by atoms with van der Waals surface area (Å²) in [5, 5.41) is 9.90. The van der Waals surface area contributed by atoms with Gasteiger partial charge in [-0.3, -0.25) is 0 Å². The minimum absolute atomic E-state index is 0.700. The quantitative estimate of drug-likeness (QED) is 0.758. The van der Waals surface area contributed by atoms with Crippen LogP contribution in [-0.4, -0.2) is 5.71 Å². The molecule has 2 rings (SSSR count). The molecule has 0 atom stereocenters. The summed E-state index contributed by atoms with van der Waals surface area (Å²) in [6.07, 6.45) is 0.724. The fraction of sp³-hybridized carbons (Fsp3) is 0.214. The van der Waals surface area contributed by atoms with E-state index in [0.717, 1.165) is 11.3 Å². The van der Waals surface area contributed by atoms with Crippen LogP contribution in [0.15, 0.2) is 47.8 Å². The van der Waals surface area contributed by atoms with Crippen LogP contribution < -0.4 is 0 Å². The van der Waals surface area contributed by atoms with Crippen LogP contribution in [-0.2, 0) is 6.42 Å². The van der Waals surface area contributed by atoms with Crippen LogP contribution >= 0.6 is 11.3 Å². The van der Waals surface area contributed by atoms with Gasteiger partial charge in [0.1, 0.15) is 0 Å². The van der Waals surface area contributed by atoms with Gasteiger partial charge in [0.25, 0.3) is 0 Å². The Morgan fingerprint density at radius 3 is 2.31 bits per heavy atom. The first kappa shape index (κ1) is 12.7. The molecule has 0 aliphatic rings. The molecule has 1 N–H and O–H groups in total. The molecule has 0 unspecified atom stereocenters. The highest BCUT2D eigenvalue weighted by atomic mass is 32.1. The molecule has 1 aromatic heterocycles. The summed E-state index contributed by atoms with van der Waals surface area (Å²) < 4.78 is 0. The Bertz CT molecular complexity index is 404. The van der Waals surface area contributed by atoms with Crippen molar-refractivity contribution in [2.24, 2.45) is 0 Å². The molecule has 2 heteroatoms. The fourth-order valence-corrected chi connectivity index (χ4v) is 2.01. The summed E-state index contributed by atoms with van der Waals surface area (Å²) in [5.41, 5.74) is 1.90. The Kier molecular flexibility index (Phi) is 5.51. The third kappa shape index (κ3) is 3.63. The van der Waals surface area contributed by atoms with Crippen LogP contribution in [0.1, 0.15) is 24.3 Å². The molecule has 0 saturated carbocycles. The molecule has 1 heterocycles. The molecule has 0 fully saturated rings. The van der Waals surface area contributed by atoms with Crippen molar-refractivity contribution in [3.8, 4) is 0 Å². The SMILES string of the molecule is CC.N=C(Cc1ccccc1)c1cccs1. The van der Waals surface area contributed by atoms with Crippen LogP contribution in [0.2, 0.25) is 0 Å². The highest BCUT2D eigenvalue weighted by Gasteiger charge is 2.02. The van der Waals surface area contributed by atoms with E-state index in [4.69, 9.17) is 5.41 Å². The van der Waals surface area contributed by atoms with Crippen molar-refractivity contribution in [1.82, 2.24) is 0 Å². The van der Waals surface area contributed by atoms with Crippen LogP contribution in [0.5, 0.6) is 0 Å². The average Bonchev–Trinajstić information content (AvgIpc) is 2.86. The first-order chi connectivity index (χ1) is 7.86. The second-order valence-corrected chi connectivity index (χ2v) is 4.07. The summed E-state index contributed by atoms with van der Waals surface area (Å²) in [7, 11) is 0. The smallest absolute Gasteiger partial charge is 0.0529 e. The van der Waals surface area contributed by atoms with Crippen molar-refractivity contribution < 1.29 is 0 Å². The zero-order valence-corrected chi connectivity index (χ0v) is 10.6. The maximum absolute atomic E-state index is 7.89. The van der Waals surface area contributed by atoms with Crippen molar-refractivity contribution >= 4 is 17.0 Å². The number of hydrogen-bond acceptors (Lipinski definition) is 2. The molecule has 1 aromatic carbocycles. The lowest BCUT2D eigenvalue weighted by Crippen LogP contribution is -2.00. The molecule has 0 saturated heterocycles. The van der Waals surface area contributed by atoms with Gasteiger partial charge in [-0.05, 0) is 17.0 Å². The summed E-state index contributed by atoms with van der Waals surface area (Å²) in [6, 6.07) is 14.1. The Hall–Kier alpha value is -1.41. The predicted molar refractivity (Wildman–Crippen MR) is 72.6 cm³/mol. The first-order valence-corrected chi connectivity index (χ1v) is 6.39. The topological polar surface area (TPSA) is 23.9 Å². The van der Waals surface area contributed by atoms with E-state index >= 15 is 0 Å². The molecule has 1 nitrogen and oxygen atoms in total. The van der Waals surface area contributed by atoms with Crippen molar-refractivity contribution in [2.75, 3.05) is 0 Å². The molecule has 84 valence electrons. The first-order valence-electron chi connectivity index (χ1n) is 5.51. The number of thiophene rings is 1. The summed E-state index contributed by atoms with van der Waals surface area (Å²) in [6.45, 7) is 4.00. The Balaban J connectivity index is 0.000000606.